The molecule has 6 heteroatoms. The van der Waals surface area contributed by atoms with Gasteiger partial charge >= 0.3 is 0 Å². The summed E-state index contributed by atoms with van der Waals surface area (Å²) < 4.78 is 0. The third-order valence-corrected chi connectivity index (χ3v) is 9.06. The standard InChI is InChI=1S/C27H35N3O3/c31-24-5-2-6-30(24)18-19-3-1-4-23(14-19)25(32)28-7-9-29(10-8-28)26(33)27-15-20-11-21(16-27)13-22(12-20)17-27/h1,3-4,14,20-22H,2,5-13,15-18H2. The number of piperazine rings is 1. The van der Waals surface area contributed by atoms with Crippen LogP contribution in [0, 0.1) is 23.2 Å². The molecule has 4 bridgehead atoms. The molecule has 6 nitrogen and oxygen atoms in total. The minimum Gasteiger partial charge on any atom is -0.339 e. The molecule has 33 heavy (non-hydrogen) atoms. The molecule has 2 heterocycles. The van der Waals surface area contributed by atoms with Gasteiger partial charge in [-0.25, -0.2) is 0 Å². The topological polar surface area (TPSA) is 60.9 Å². The van der Waals surface area contributed by atoms with Gasteiger partial charge in [0, 0.05) is 51.3 Å². The highest BCUT2D eigenvalue weighted by Crippen LogP contribution is 2.60. The van der Waals surface area contributed by atoms with Crippen LogP contribution >= 0.6 is 0 Å². The molecule has 1 aromatic rings. The second-order valence-corrected chi connectivity index (χ2v) is 11.4. The normalized spacial score (nSPS) is 33.2. The Hall–Kier alpha value is -2.37. The highest BCUT2D eigenvalue weighted by Gasteiger charge is 2.55. The summed E-state index contributed by atoms with van der Waals surface area (Å²) in [4.78, 5) is 44.6. The van der Waals surface area contributed by atoms with Gasteiger partial charge in [-0.05, 0) is 80.4 Å². The van der Waals surface area contributed by atoms with Gasteiger partial charge in [-0.3, -0.25) is 14.4 Å². The lowest BCUT2D eigenvalue weighted by Crippen LogP contribution is -2.58. The summed E-state index contributed by atoms with van der Waals surface area (Å²) >= 11 is 0. The summed E-state index contributed by atoms with van der Waals surface area (Å²) in [5, 5.41) is 0. The van der Waals surface area contributed by atoms with Crippen LogP contribution in [0.5, 0.6) is 0 Å². The lowest BCUT2D eigenvalue weighted by molar-refractivity contribution is -0.159. The second-order valence-electron chi connectivity index (χ2n) is 11.4. The van der Waals surface area contributed by atoms with Crippen LogP contribution in [0.25, 0.3) is 0 Å². The lowest BCUT2D eigenvalue weighted by atomic mass is 9.49. The van der Waals surface area contributed by atoms with Gasteiger partial charge in [0.05, 0.1) is 5.41 Å². The first-order chi connectivity index (χ1) is 16.0. The van der Waals surface area contributed by atoms with Crippen LogP contribution in [-0.4, -0.2) is 65.1 Å². The Balaban J connectivity index is 1.08. The molecule has 2 saturated heterocycles. The maximum atomic E-state index is 13.6. The summed E-state index contributed by atoms with van der Waals surface area (Å²) in [6.45, 7) is 3.88. The van der Waals surface area contributed by atoms with E-state index in [1.807, 2.05) is 34.1 Å². The van der Waals surface area contributed by atoms with Crippen molar-refractivity contribution in [2.24, 2.45) is 23.2 Å². The van der Waals surface area contributed by atoms with E-state index in [1.54, 1.807) is 0 Å². The molecule has 176 valence electrons. The molecule has 4 aliphatic carbocycles. The van der Waals surface area contributed by atoms with Crippen molar-refractivity contribution in [3.8, 4) is 0 Å². The highest BCUT2D eigenvalue weighted by atomic mass is 16.2. The van der Waals surface area contributed by atoms with Gasteiger partial charge in [0.2, 0.25) is 11.8 Å². The van der Waals surface area contributed by atoms with Crippen molar-refractivity contribution >= 4 is 17.7 Å². The second kappa shape index (κ2) is 8.14. The van der Waals surface area contributed by atoms with Crippen LogP contribution in [0.15, 0.2) is 24.3 Å². The fraction of sp³-hybridized carbons (Fsp3) is 0.667. The number of carbonyl (C=O) groups is 3. The first kappa shape index (κ1) is 21.2. The Kier molecular flexibility index (Phi) is 5.22. The van der Waals surface area contributed by atoms with Crippen LogP contribution in [0.2, 0.25) is 0 Å². The number of amides is 3. The molecule has 0 radical (unpaired) electrons. The molecule has 0 atom stereocenters. The zero-order valence-corrected chi connectivity index (χ0v) is 19.5. The predicted molar refractivity (Wildman–Crippen MR) is 124 cm³/mol. The zero-order chi connectivity index (χ0) is 22.6. The maximum Gasteiger partial charge on any atom is 0.253 e. The van der Waals surface area contributed by atoms with E-state index in [4.69, 9.17) is 0 Å². The zero-order valence-electron chi connectivity index (χ0n) is 19.5. The van der Waals surface area contributed by atoms with Gasteiger partial charge in [0.25, 0.3) is 5.91 Å². The van der Waals surface area contributed by atoms with Gasteiger partial charge in [0.1, 0.15) is 0 Å². The fourth-order valence-electron chi connectivity index (χ4n) is 7.90. The van der Waals surface area contributed by atoms with Crippen LogP contribution in [-0.2, 0) is 16.1 Å². The van der Waals surface area contributed by atoms with Gasteiger partial charge < -0.3 is 14.7 Å². The van der Waals surface area contributed by atoms with Gasteiger partial charge in [-0.15, -0.1) is 0 Å². The van der Waals surface area contributed by atoms with Gasteiger partial charge in [-0.1, -0.05) is 12.1 Å². The fourth-order valence-corrected chi connectivity index (χ4v) is 7.90. The number of benzene rings is 1. The molecule has 2 aliphatic heterocycles. The van der Waals surface area contributed by atoms with Gasteiger partial charge in [-0.2, -0.15) is 0 Å². The van der Waals surface area contributed by atoms with Crippen molar-refractivity contribution in [2.45, 2.75) is 57.9 Å². The number of nitrogens with zero attached hydrogens (tertiary/aromatic N) is 3. The largest absolute Gasteiger partial charge is 0.339 e. The molecule has 7 rings (SSSR count). The maximum absolute atomic E-state index is 13.6. The average Bonchev–Trinajstić information content (AvgIpc) is 3.21. The molecule has 6 aliphatic rings. The minimum atomic E-state index is -0.0950. The summed E-state index contributed by atoms with van der Waals surface area (Å²) in [6, 6.07) is 7.70. The van der Waals surface area contributed by atoms with Crippen LogP contribution < -0.4 is 0 Å². The van der Waals surface area contributed by atoms with Crippen molar-refractivity contribution in [1.29, 1.82) is 0 Å². The van der Waals surface area contributed by atoms with E-state index >= 15 is 0 Å². The first-order valence-corrected chi connectivity index (χ1v) is 12.9. The van der Waals surface area contributed by atoms with Crippen LogP contribution in [0.4, 0.5) is 0 Å². The van der Waals surface area contributed by atoms with Crippen molar-refractivity contribution < 1.29 is 14.4 Å². The lowest BCUT2D eigenvalue weighted by Gasteiger charge is -2.57. The SMILES string of the molecule is O=C1CCCN1Cc1cccc(C(=O)N2CCN(C(=O)C34CC5CC(CC(C5)C3)C4)CC2)c1. The predicted octanol–water partition coefficient (Wildman–Crippen LogP) is 3.31. The number of hydrogen-bond donors (Lipinski definition) is 0. The summed E-state index contributed by atoms with van der Waals surface area (Å²) in [7, 11) is 0. The molecule has 3 amide bonds. The summed E-state index contributed by atoms with van der Waals surface area (Å²) in [6.07, 6.45) is 8.89. The van der Waals surface area contributed by atoms with E-state index in [0.717, 1.165) is 55.5 Å². The molecule has 0 spiro atoms. The Labute approximate surface area is 196 Å². The Bertz CT molecular complexity index is 930. The first-order valence-electron chi connectivity index (χ1n) is 12.9. The molecule has 0 unspecified atom stereocenters. The number of hydrogen-bond acceptors (Lipinski definition) is 3. The highest BCUT2D eigenvalue weighted by molar-refractivity contribution is 5.94. The van der Waals surface area contributed by atoms with Crippen LogP contribution in [0.3, 0.4) is 0 Å². The van der Waals surface area contributed by atoms with Crippen LogP contribution in [0.1, 0.15) is 67.3 Å². The molecule has 4 saturated carbocycles. The van der Waals surface area contributed by atoms with Gasteiger partial charge in [0.15, 0.2) is 0 Å². The van der Waals surface area contributed by atoms with E-state index in [9.17, 15) is 14.4 Å². The molecular formula is C27H35N3O3. The van der Waals surface area contributed by atoms with E-state index < -0.39 is 0 Å². The molecular weight excluding hydrogens is 414 g/mol. The molecule has 0 aromatic heterocycles. The number of likely N-dealkylation sites (tertiary alicyclic amines) is 1. The summed E-state index contributed by atoms with van der Waals surface area (Å²) in [5.41, 5.74) is 1.59. The minimum absolute atomic E-state index is 0.0338. The van der Waals surface area contributed by atoms with E-state index in [1.165, 1.54) is 19.3 Å². The van der Waals surface area contributed by atoms with Crippen molar-refractivity contribution in [3.63, 3.8) is 0 Å². The molecule has 6 fully saturated rings. The van der Waals surface area contributed by atoms with Crippen molar-refractivity contribution in [3.05, 3.63) is 35.4 Å². The van der Waals surface area contributed by atoms with Crippen molar-refractivity contribution in [2.75, 3.05) is 32.7 Å². The summed E-state index contributed by atoms with van der Waals surface area (Å²) in [5.74, 6) is 2.92. The third-order valence-electron chi connectivity index (χ3n) is 9.06. The number of rotatable bonds is 4. The Morgan fingerprint density at radius 3 is 2.12 bits per heavy atom. The monoisotopic (exact) mass is 449 g/mol. The smallest absolute Gasteiger partial charge is 0.253 e. The van der Waals surface area contributed by atoms with E-state index in [2.05, 4.69) is 4.90 Å². The Morgan fingerprint density at radius 2 is 1.52 bits per heavy atom. The van der Waals surface area contributed by atoms with Crippen molar-refractivity contribution in [1.82, 2.24) is 14.7 Å². The molecule has 1 aromatic carbocycles. The third kappa shape index (κ3) is 3.85. The van der Waals surface area contributed by atoms with E-state index in [-0.39, 0.29) is 17.2 Å². The average molecular weight is 450 g/mol. The Morgan fingerprint density at radius 1 is 0.879 bits per heavy atom. The molecule has 0 N–H and O–H groups in total. The quantitative estimate of drug-likeness (QED) is 0.709. The van der Waals surface area contributed by atoms with E-state index in [0.29, 0.717) is 50.6 Å². The number of carbonyl (C=O) groups excluding carboxylic acids is 3.